The van der Waals surface area contributed by atoms with Gasteiger partial charge in [0.05, 0.1) is 10.9 Å². The third kappa shape index (κ3) is 2.48. The van der Waals surface area contributed by atoms with Crippen LogP contribution in [0.4, 0.5) is 0 Å². The van der Waals surface area contributed by atoms with Crippen molar-refractivity contribution in [1.82, 2.24) is 8.87 Å². The molecule has 0 bridgehead atoms. The van der Waals surface area contributed by atoms with Gasteiger partial charge in [0.25, 0.3) is 0 Å². The minimum Gasteiger partial charge on any atom is -0.486 e. The van der Waals surface area contributed by atoms with Gasteiger partial charge in [-0.2, -0.15) is 4.31 Å². The first kappa shape index (κ1) is 15.5. The first-order valence-electron chi connectivity index (χ1n) is 8.10. The molecule has 6 nitrogen and oxygen atoms in total. The van der Waals surface area contributed by atoms with E-state index in [4.69, 9.17) is 9.47 Å². The molecule has 0 spiro atoms. The summed E-state index contributed by atoms with van der Waals surface area (Å²) in [7, 11) is -1.63. The Labute approximate surface area is 141 Å². The number of sulfonamides is 1. The van der Waals surface area contributed by atoms with E-state index in [9.17, 15) is 8.42 Å². The molecule has 128 valence electrons. The second kappa shape index (κ2) is 5.82. The normalized spacial score (nSPS) is 21.1. The molecule has 1 aromatic heterocycles. The minimum absolute atomic E-state index is 0.122. The van der Waals surface area contributed by atoms with E-state index in [2.05, 4.69) is 0 Å². The van der Waals surface area contributed by atoms with Gasteiger partial charge >= 0.3 is 0 Å². The van der Waals surface area contributed by atoms with Gasteiger partial charge in [0.2, 0.25) is 10.0 Å². The average Bonchev–Trinajstić information content (AvgIpc) is 3.23. The van der Waals surface area contributed by atoms with Crippen molar-refractivity contribution in [3.8, 4) is 11.5 Å². The van der Waals surface area contributed by atoms with Crippen molar-refractivity contribution in [3.05, 3.63) is 42.2 Å². The van der Waals surface area contributed by atoms with Crippen molar-refractivity contribution >= 4 is 10.0 Å². The predicted molar refractivity (Wildman–Crippen MR) is 88.7 cm³/mol. The zero-order valence-corrected chi connectivity index (χ0v) is 14.3. The lowest BCUT2D eigenvalue weighted by Gasteiger charge is -2.25. The zero-order valence-electron chi connectivity index (χ0n) is 13.5. The summed E-state index contributed by atoms with van der Waals surface area (Å²) in [6, 6.07) is 8.66. The van der Waals surface area contributed by atoms with Crippen molar-refractivity contribution in [2.24, 2.45) is 7.05 Å². The van der Waals surface area contributed by atoms with Crippen molar-refractivity contribution in [3.63, 3.8) is 0 Å². The number of hydrogen-bond acceptors (Lipinski definition) is 4. The van der Waals surface area contributed by atoms with Gasteiger partial charge in [-0.3, -0.25) is 0 Å². The fourth-order valence-electron chi connectivity index (χ4n) is 3.46. The van der Waals surface area contributed by atoms with Gasteiger partial charge in [0.15, 0.2) is 11.5 Å². The summed E-state index contributed by atoms with van der Waals surface area (Å²) in [5.41, 5.74) is 1.02. The third-order valence-electron chi connectivity index (χ3n) is 4.65. The highest BCUT2D eigenvalue weighted by atomic mass is 32.2. The third-order valence-corrected chi connectivity index (χ3v) is 6.55. The van der Waals surface area contributed by atoms with E-state index in [1.54, 1.807) is 22.5 Å². The molecule has 0 amide bonds. The number of fused-ring (bicyclic) bond motifs is 1. The fraction of sp³-hybridized carbons (Fsp3) is 0.412. The van der Waals surface area contributed by atoms with Gasteiger partial charge in [0, 0.05) is 31.5 Å². The minimum atomic E-state index is -3.58. The molecular formula is C17H20N2O4S. The predicted octanol–water partition coefficient (Wildman–Crippen LogP) is 2.32. The SMILES string of the molecule is Cn1cccc1[C@H]1CCCN1S(=O)(=O)c1ccc2c(c1)OCCO2. The lowest BCUT2D eigenvalue weighted by molar-refractivity contribution is 0.171. The second-order valence-corrected chi connectivity index (χ2v) is 8.01. The molecule has 2 aliphatic heterocycles. The van der Waals surface area contributed by atoms with Crippen molar-refractivity contribution in [1.29, 1.82) is 0 Å². The van der Waals surface area contributed by atoms with Crippen LogP contribution in [-0.2, 0) is 17.1 Å². The highest BCUT2D eigenvalue weighted by Crippen LogP contribution is 2.39. The Morgan fingerprint density at radius 1 is 1.12 bits per heavy atom. The molecule has 1 fully saturated rings. The summed E-state index contributed by atoms with van der Waals surface area (Å²) in [6.45, 7) is 1.46. The molecule has 2 aromatic rings. The number of benzene rings is 1. The Hall–Kier alpha value is -1.99. The van der Waals surface area contributed by atoms with Crippen molar-refractivity contribution in [2.45, 2.75) is 23.8 Å². The molecule has 7 heteroatoms. The maximum Gasteiger partial charge on any atom is 0.243 e. The van der Waals surface area contributed by atoms with E-state index in [-0.39, 0.29) is 10.9 Å². The maximum absolute atomic E-state index is 13.2. The standard InChI is InChI=1S/C17H20N2O4S/c1-18-8-2-4-14(18)15-5-3-9-19(15)24(20,21)13-6-7-16-17(12-13)23-11-10-22-16/h2,4,6-8,12,15H,3,5,9-11H2,1H3/t15-/m1/s1. The Balaban J connectivity index is 1.70. The molecule has 0 unspecified atom stereocenters. The van der Waals surface area contributed by atoms with Gasteiger partial charge in [-0.15, -0.1) is 0 Å². The molecule has 0 radical (unpaired) electrons. The molecule has 1 aromatic carbocycles. The van der Waals surface area contributed by atoms with Crippen LogP contribution < -0.4 is 9.47 Å². The lowest BCUT2D eigenvalue weighted by Crippen LogP contribution is -2.31. The van der Waals surface area contributed by atoms with Crippen LogP contribution >= 0.6 is 0 Å². The zero-order chi connectivity index (χ0) is 16.7. The molecule has 0 aliphatic carbocycles. The fourth-order valence-corrected chi connectivity index (χ4v) is 5.15. The lowest BCUT2D eigenvalue weighted by atomic mass is 10.1. The highest BCUT2D eigenvalue weighted by molar-refractivity contribution is 7.89. The summed E-state index contributed by atoms with van der Waals surface area (Å²) in [5, 5.41) is 0. The number of nitrogens with zero attached hydrogens (tertiary/aromatic N) is 2. The van der Waals surface area contributed by atoms with Crippen LogP contribution in [0.5, 0.6) is 11.5 Å². The highest BCUT2D eigenvalue weighted by Gasteiger charge is 2.37. The monoisotopic (exact) mass is 348 g/mol. The summed E-state index contributed by atoms with van der Waals surface area (Å²) in [4.78, 5) is 0.257. The van der Waals surface area contributed by atoms with Crippen LogP contribution in [0.25, 0.3) is 0 Å². The molecule has 4 rings (SSSR count). The number of hydrogen-bond donors (Lipinski definition) is 0. The Morgan fingerprint density at radius 2 is 1.92 bits per heavy atom. The van der Waals surface area contributed by atoms with Gasteiger partial charge in [-0.25, -0.2) is 8.42 Å². The van der Waals surface area contributed by atoms with Crippen LogP contribution in [0.2, 0.25) is 0 Å². The Morgan fingerprint density at radius 3 is 2.67 bits per heavy atom. The van der Waals surface area contributed by atoms with E-state index < -0.39 is 10.0 Å². The van der Waals surface area contributed by atoms with Crippen molar-refractivity contribution in [2.75, 3.05) is 19.8 Å². The largest absolute Gasteiger partial charge is 0.486 e. The molecule has 1 atom stereocenters. The maximum atomic E-state index is 13.2. The van der Waals surface area contributed by atoms with E-state index in [0.717, 1.165) is 18.5 Å². The number of aromatic nitrogens is 1. The molecule has 0 N–H and O–H groups in total. The van der Waals surface area contributed by atoms with Crippen LogP contribution in [0.15, 0.2) is 41.4 Å². The molecular weight excluding hydrogens is 328 g/mol. The molecule has 1 saturated heterocycles. The topological polar surface area (TPSA) is 60.8 Å². The van der Waals surface area contributed by atoms with Crippen LogP contribution in [0.3, 0.4) is 0 Å². The smallest absolute Gasteiger partial charge is 0.243 e. The van der Waals surface area contributed by atoms with E-state index in [0.29, 0.717) is 31.3 Å². The molecule has 3 heterocycles. The summed E-state index contributed by atoms with van der Waals surface area (Å²) >= 11 is 0. The number of aryl methyl sites for hydroxylation is 1. The van der Waals surface area contributed by atoms with Crippen molar-refractivity contribution < 1.29 is 17.9 Å². The van der Waals surface area contributed by atoms with Gasteiger partial charge in [-0.05, 0) is 37.1 Å². The van der Waals surface area contributed by atoms with E-state index in [1.165, 1.54) is 0 Å². The summed E-state index contributed by atoms with van der Waals surface area (Å²) in [6.07, 6.45) is 3.64. The number of ether oxygens (including phenoxy) is 2. The van der Waals surface area contributed by atoms with Gasteiger partial charge in [0.1, 0.15) is 13.2 Å². The summed E-state index contributed by atoms with van der Waals surface area (Å²) in [5.74, 6) is 1.09. The first-order chi connectivity index (χ1) is 11.6. The Kier molecular flexibility index (Phi) is 3.77. The van der Waals surface area contributed by atoms with Crippen LogP contribution in [0.1, 0.15) is 24.6 Å². The Bertz CT molecular complexity index is 859. The van der Waals surface area contributed by atoms with E-state index in [1.807, 2.05) is 29.9 Å². The average molecular weight is 348 g/mol. The quantitative estimate of drug-likeness (QED) is 0.854. The van der Waals surface area contributed by atoms with Gasteiger partial charge in [-0.1, -0.05) is 0 Å². The van der Waals surface area contributed by atoms with Crippen LogP contribution in [-0.4, -0.2) is 37.0 Å². The number of rotatable bonds is 3. The molecule has 2 aliphatic rings. The van der Waals surface area contributed by atoms with Gasteiger partial charge < -0.3 is 14.0 Å². The first-order valence-corrected chi connectivity index (χ1v) is 9.54. The summed E-state index contributed by atoms with van der Waals surface area (Å²) < 4.78 is 40.9. The second-order valence-electron chi connectivity index (χ2n) is 6.12. The molecule has 24 heavy (non-hydrogen) atoms. The van der Waals surface area contributed by atoms with E-state index >= 15 is 0 Å². The molecule has 0 saturated carbocycles. The van der Waals surface area contributed by atoms with Crippen LogP contribution in [0, 0.1) is 0 Å².